The van der Waals surface area contributed by atoms with Crippen LogP contribution in [0.3, 0.4) is 0 Å². The average Bonchev–Trinajstić information content (AvgIpc) is 2.78. The normalized spacial score (nSPS) is 24.3. The standard InChI is InChI=1S/C25H30Cl2N2O3/c1-4-20(15-28)29-23(16-8-10-18(26)11-9-16)21(17-6-5-7-19(27)12-17)13-25(2,24(29)31)14-22(30)32-3/h5-12,20-21,23H,4,13-15,28H2,1-3H3/t20-,21+,23+,25+/m0/s1. The Balaban J connectivity index is 2.21. The van der Waals surface area contributed by atoms with Gasteiger partial charge in [-0.25, -0.2) is 0 Å². The highest BCUT2D eigenvalue weighted by Gasteiger charge is 2.52. The summed E-state index contributed by atoms with van der Waals surface area (Å²) >= 11 is 12.5. The number of carbonyl (C=O) groups excluding carboxylic acids is 2. The molecule has 7 heteroatoms. The number of nitrogens with zero attached hydrogens (tertiary/aromatic N) is 1. The molecule has 0 radical (unpaired) electrons. The third-order valence-electron chi connectivity index (χ3n) is 6.49. The summed E-state index contributed by atoms with van der Waals surface area (Å²) in [5.74, 6) is -0.586. The van der Waals surface area contributed by atoms with Crippen LogP contribution in [0, 0.1) is 5.41 Å². The third-order valence-corrected chi connectivity index (χ3v) is 6.98. The van der Waals surface area contributed by atoms with Crippen molar-refractivity contribution in [3.63, 3.8) is 0 Å². The lowest BCUT2D eigenvalue weighted by Crippen LogP contribution is -2.57. The quantitative estimate of drug-likeness (QED) is 0.546. The number of piperidine rings is 1. The zero-order valence-corrected chi connectivity index (χ0v) is 20.2. The van der Waals surface area contributed by atoms with Crippen LogP contribution in [-0.2, 0) is 14.3 Å². The first-order chi connectivity index (χ1) is 15.2. The number of benzene rings is 2. The summed E-state index contributed by atoms with van der Waals surface area (Å²) < 4.78 is 4.93. The molecule has 1 heterocycles. The van der Waals surface area contributed by atoms with Gasteiger partial charge in [0.2, 0.25) is 5.91 Å². The first-order valence-corrected chi connectivity index (χ1v) is 11.6. The Morgan fingerprint density at radius 2 is 1.88 bits per heavy atom. The lowest BCUT2D eigenvalue weighted by Gasteiger charge is -2.51. The molecule has 4 atom stereocenters. The van der Waals surface area contributed by atoms with Gasteiger partial charge in [0.05, 0.1) is 25.0 Å². The van der Waals surface area contributed by atoms with Crippen LogP contribution in [0.5, 0.6) is 0 Å². The van der Waals surface area contributed by atoms with Gasteiger partial charge in [-0.15, -0.1) is 0 Å². The maximum atomic E-state index is 14.0. The van der Waals surface area contributed by atoms with E-state index in [2.05, 4.69) is 0 Å². The van der Waals surface area contributed by atoms with Gasteiger partial charge in [0.1, 0.15) is 0 Å². The Kier molecular flexibility index (Phi) is 7.86. The smallest absolute Gasteiger partial charge is 0.306 e. The zero-order chi connectivity index (χ0) is 23.5. The van der Waals surface area contributed by atoms with Gasteiger partial charge in [-0.1, -0.05) is 61.3 Å². The molecule has 0 aromatic heterocycles. The minimum Gasteiger partial charge on any atom is -0.469 e. The Bertz CT molecular complexity index is 962. The van der Waals surface area contributed by atoms with Gasteiger partial charge in [-0.05, 0) is 48.2 Å². The predicted molar refractivity (Wildman–Crippen MR) is 128 cm³/mol. The topological polar surface area (TPSA) is 72.6 Å². The van der Waals surface area contributed by atoms with E-state index in [9.17, 15) is 9.59 Å². The molecule has 0 saturated carbocycles. The second kappa shape index (κ2) is 10.2. The van der Waals surface area contributed by atoms with Crippen molar-refractivity contribution >= 4 is 35.1 Å². The number of halogens is 2. The van der Waals surface area contributed by atoms with Crippen molar-refractivity contribution < 1.29 is 14.3 Å². The van der Waals surface area contributed by atoms with E-state index in [1.807, 2.05) is 67.3 Å². The summed E-state index contributed by atoms with van der Waals surface area (Å²) in [6.07, 6.45) is 1.18. The molecule has 1 fully saturated rings. The maximum absolute atomic E-state index is 14.0. The van der Waals surface area contributed by atoms with Crippen molar-refractivity contribution in [1.29, 1.82) is 0 Å². The second-order valence-electron chi connectivity index (χ2n) is 8.69. The number of rotatable bonds is 7. The molecule has 0 spiro atoms. The minimum atomic E-state index is -0.925. The van der Waals surface area contributed by atoms with E-state index in [1.165, 1.54) is 7.11 Å². The number of carbonyl (C=O) groups is 2. The Morgan fingerprint density at radius 3 is 2.44 bits per heavy atom. The van der Waals surface area contributed by atoms with Crippen LogP contribution in [0.25, 0.3) is 0 Å². The lowest BCUT2D eigenvalue weighted by atomic mass is 9.67. The van der Waals surface area contributed by atoms with Crippen molar-refractivity contribution in [3.05, 3.63) is 69.7 Å². The fourth-order valence-corrected chi connectivity index (χ4v) is 5.14. The van der Waals surface area contributed by atoms with Gasteiger partial charge < -0.3 is 15.4 Å². The van der Waals surface area contributed by atoms with Crippen molar-refractivity contribution in [1.82, 2.24) is 4.90 Å². The number of amides is 1. The number of likely N-dealkylation sites (tertiary alicyclic amines) is 1. The predicted octanol–water partition coefficient (Wildman–Crippen LogP) is 5.36. The van der Waals surface area contributed by atoms with Crippen molar-refractivity contribution in [3.8, 4) is 0 Å². The van der Waals surface area contributed by atoms with E-state index in [4.69, 9.17) is 33.7 Å². The Morgan fingerprint density at radius 1 is 1.19 bits per heavy atom. The van der Waals surface area contributed by atoms with Crippen LogP contribution in [-0.4, -0.2) is 36.5 Å². The van der Waals surface area contributed by atoms with Crippen LogP contribution in [0.1, 0.15) is 56.2 Å². The van der Waals surface area contributed by atoms with Gasteiger partial charge in [0.15, 0.2) is 0 Å². The molecule has 172 valence electrons. The summed E-state index contributed by atoms with van der Waals surface area (Å²) in [5, 5.41) is 1.25. The van der Waals surface area contributed by atoms with Gasteiger partial charge >= 0.3 is 5.97 Å². The summed E-state index contributed by atoms with van der Waals surface area (Å²) in [7, 11) is 1.34. The average molecular weight is 477 g/mol. The van der Waals surface area contributed by atoms with Crippen molar-refractivity contribution in [2.45, 2.75) is 51.1 Å². The molecule has 3 rings (SSSR count). The number of hydrogen-bond donors (Lipinski definition) is 1. The highest BCUT2D eigenvalue weighted by molar-refractivity contribution is 6.30. The minimum absolute atomic E-state index is 0.00421. The summed E-state index contributed by atoms with van der Waals surface area (Å²) in [6, 6.07) is 14.8. The molecule has 0 unspecified atom stereocenters. The van der Waals surface area contributed by atoms with Gasteiger partial charge in [-0.3, -0.25) is 9.59 Å². The number of ether oxygens (including phenoxy) is 1. The Labute approximate surface area is 199 Å². The van der Waals surface area contributed by atoms with E-state index >= 15 is 0 Å². The van der Waals surface area contributed by atoms with E-state index in [-0.39, 0.29) is 30.3 Å². The maximum Gasteiger partial charge on any atom is 0.306 e. The molecule has 0 aliphatic carbocycles. The van der Waals surface area contributed by atoms with Crippen LogP contribution < -0.4 is 5.73 Å². The van der Waals surface area contributed by atoms with E-state index in [0.717, 1.165) is 11.1 Å². The molecule has 1 saturated heterocycles. The molecule has 32 heavy (non-hydrogen) atoms. The van der Waals surface area contributed by atoms with Gasteiger partial charge in [0.25, 0.3) is 0 Å². The van der Waals surface area contributed by atoms with E-state index < -0.39 is 11.4 Å². The van der Waals surface area contributed by atoms with Gasteiger partial charge in [0, 0.05) is 28.5 Å². The Hall–Kier alpha value is -2.08. The molecule has 2 aromatic carbocycles. The molecule has 1 amide bonds. The van der Waals surface area contributed by atoms with Crippen molar-refractivity contribution in [2.24, 2.45) is 11.1 Å². The molecule has 2 N–H and O–H groups in total. The molecule has 5 nitrogen and oxygen atoms in total. The summed E-state index contributed by atoms with van der Waals surface area (Å²) in [5.41, 5.74) is 7.20. The molecule has 1 aliphatic heterocycles. The summed E-state index contributed by atoms with van der Waals surface area (Å²) in [4.78, 5) is 28.1. The highest BCUT2D eigenvalue weighted by Crippen LogP contribution is 2.52. The number of esters is 1. The largest absolute Gasteiger partial charge is 0.469 e. The molecule has 0 bridgehead atoms. The zero-order valence-electron chi connectivity index (χ0n) is 18.7. The van der Waals surface area contributed by atoms with Crippen LogP contribution >= 0.6 is 23.2 Å². The van der Waals surface area contributed by atoms with Crippen LogP contribution in [0.4, 0.5) is 0 Å². The monoisotopic (exact) mass is 476 g/mol. The number of nitrogens with two attached hydrogens (primary N) is 1. The molecule has 1 aliphatic rings. The molecule has 2 aromatic rings. The molecular formula is C25H30Cl2N2O3. The fourth-order valence-electron chi connectivity index (χ4n) is 4.81. The number of methoxy groups -OCH3 is 1. The van der Waals surface area contributed by atoms with Crippen LogP contribution in [0.2, 0.25) is 10.0 Å². The van der Waals surface area contributed by atoms with Gasteiger partial charge in [-0.2, -0.15) is 0 Å². The summed E-state index contributed by atoms with van der Waals surface area (Å²) in [6.45, 7) is 4.19. The third kappa shape index (κ3) is 4.95. The van der Waals surface area contributed by atoms with Crippen molar-refractivity contribution in [2.75, 3.05) is 13.7 Å². The first kappa shape index (κ1) is 24.6. The first-order valence-electron chi connectivity index (χ1n) is 10.8. The van der Waals surface area contributed by atoms with Crippen LogP contribution in [0.15, 0.2) is 48.5 Å². The SMILES string of the molecule is CC[C@@H](CN)N1C(=O)[C@@](C)(CC(=O)OC)C[C@H](c2cccc(Cl)c2)[C@H]1c1ccc(Cl)cc1. The van der Waals surface area contributed by atoms with E-state index in [1.54, 1.807) is 0 Å². The lowest BCUT2D eigenvalue weighted by molar-refractivity contribution is -0.161. The highest BCUT2D eigenvalue weighted by atomic mass is 35.5. The number of hydrogen-bond acceptors (Lipinski definition) is 4. The molecular weight excluding hydrogens is 447 g/mol. The van der Waals surface area contributed by atoms with E-state index in [0.29, 0.717) is 29.4 Å². The second-order valence-corrected chi connectivity index (χ2v) is 9.56. The fraction of sp³-hybridized carbons (Fsp3) is 0.440.